The predicted octanol–water partition coefficient (Wildman–Crippen LogP) is 5.55. The number of Topliss-reactive ketones (excluding diaryl/α,β-unsaturated/α-hetero) is 2. The van der Waals surface area contributed by atoms with Gasteiger partial charge in [0.25, 0.3) is 0 Å². The van der Waals surface area contributed by atoms with E-state index >= 15 is 0 Å². The lowest BCUT2D eigenvalue weighted by molar-refractivity contribution is -0.149. The summed E-state index contributed by atoms with van der Waals surface area (Å²) >= 11 is 0. The number of hydrogen-bond acceptors (Lipinski definition) is 16. The average Bonchev–Trinajstić information content (AvgIpc) is 1.65. The molecule has 24 heteroatoms. The minimum Gasteiger partial charge on any atom is -0.481 e. The highest BCUT2D eigenvalue weighted by atomic mass is 16.5. The van der Waals surface area contributed by atoms with Crippen molar-refractivity contribution in [2.24, 2.45) is 60.3 Å². The largest absolute Gasteiger partial charge is 0.481 e. The second-order valence-corrected chi connectivity index (χ2v) is 22.1. The Morgan fingerprint density at radius 3 is 2.10 bits per heavy atom. The fraction of sp³-hybridized carbons (Fsp3) is 0.444. The van der Waals surface area contributed by atoms with Crippen LogP contribution in [0, 0.1) is 30.1 Å². The molecule has 11 N–H and O–H groups in total. The van der Waals surface area contributed by atoms with Crippen molar-refractivity contribution in [1.29, 1.82) is 0 Å². The maximum absolute atomic E-state index is 14.3. The van der Waals surface area contributed by atoms with Crippen LogP contribution in [0.2, 0.25) is 0 Å². The number of hydrogen-bond donors (Lipinski definition) is 8. The van der Waals surface area contributed by atoms with Crippen LogP contribution >= 0.6 is 0 Å². The first-order chi connectivity index (χ1) is 41.3. The zero-order valence-corrected chi connectivity index (χ0v) is 50.5. The van der Waals surface area contributed by atoms with Gasteiger partial charge in [0.2, 0.25) is 11.8 Å². The standard InChI is InChI=1S/C63H78N10O14/c1-10-42-33(3)49-30-52-46-19-17-45(60(83)86-8)56(61(84)87-9)63(46,6)53(72-52)27-37-23-38(43(32(37)2)18-20-55(78)85-7)26-50-44(34(4)48(70-50)29-51(42)71-49)16-15-40(74)24-36(13-11-22-68-62(65)66)57(79)69-31-41(75)25-39(28-54(76)77)58(80)73-47(59(81)82)14-12-21-67-35(5)64/h10,17,19,26-27,29-30,36,39,47,56,71H,1,11-16,18,20-25,28,31H2,2-9H3,(H2,64,67)(H,69,79)(H,73,80)(H,76,77)(H,81,82)(H4,65,66,68)/t36-,39+,47+,56+,63-/m1/s1. The lowest BCUT2D eigenvalue weighted by Crippen LogP contribution is -2.45. The van der Waals surface area contributed by atoms with E-state index in [1.807, 2.05) is 52.0 Å². The summed E-state index contributed by atoms with van der Waals surface area (Å²) in [6, 6.07) is -1.40. The van der Waals surface area contributed by atoms with Crippen molar-refractivity contribution in [1.82, 2.24) is 15.6 Å². The number of aromatic nitrogens is 1. The number of amides is 2. The van der Waals surface area contributed by atoms with Crippen LogP contribution in [0.4, 0.5) is 0 Å². The molecule has 5 aliphatic rings. The van der Waals surface area contributed by atoms with Gasteiger partial charge in [-0.05, 0) is 148 Å². The summed E-state index contributed by atoms with van der Waals surface area (Å²) in [6.45, 7) is 13.0. The van der Waals surface area contributed by atoms with E-state index in [1.54, 1.807) is 25.2 Å². The van der Waals surface area contributed by atoms with Gasteiger partial charge in [0.1, 0.15) is 17.7 Å². The van der Waals surface area contributed by atoms with Crippen LogP contribution in [-0.2, 0) is 57.4 Å². The van der Waals surface area contributed by atoms with Crippen molar-refractivity contribution < 1.29 is 67.6 Å². The molecular formula is C63H78N10O14. The Hall–Kier alpha value is -9.35. The molecule has 1 aromatic rings. The molecule has 6 rings (SSSR count). The van der Waals surface area contributed by atoms with E-state index in [0.717, 1.165) is 44.6 Å². The molecule has 0 fully saturated rings. The van der Waals surface area contributed by atoms with Crippen molar-refractivity contribution in [2.75, 3.05) is 41.0 Å². The zero-order valence-electron chi connectivity index (χ0n) is 50.5. The monoisotopic (exact) mass is 1200 g/mol. The number of guanidine groups is 1. The van der Waals surface area contributed by atoms with Crippen LogP contribution in [-0.4, -0.2) is 139 Å². The summed E-state index contributed by atoms with van der Waals surface area (Å²) in [5.74, 6) is -10.7. The number of H-pyrrole nitrogens is 1. The Balaban J connectivity index is 1.32. The molecule has 0 unspecified atom stereocenters. The van der Waals surface area contributed by atoms with Crippen molar-refractivity contribution in [3.63, 3.8) is 0 Å². The fourth-order valence-electron chi connectivity index (χ4n) is 11.5. The molecule has 5 atom stereocenters. The van der Waals surface area contributed by atoms with Gasteiger partial charge < -0.3 is 57.2 Å². The van der Waals surface area contributed by atoms with Crippen molar-refractivity contribution in [3.8, 4) is 0 Å². The highest BCUT2D eigenvalue weighted by Crippen LogP contribution is 2.54. The molecule has 2 amide bonds. The van der Waals surface area contributed by atoms with Crippen molar-refractivity contribution in [2.45, 2.75) is 118 Å². The van der Waals surface area contributed by atoms with Crippen molar-refractivity contribution in [3.05, 3.63) is 109 Å². The SMILES string of the molecule is C=Cc1c2[nH]c(c1C)C=C1N=C(C=C3CC(=CC4=NC(=C2)C(C)=C4CCC(=O)C[C@@H](CCCN=C(N)N)C(=O)NCC(=O)C[C@@H](CC(=O)O)C(=O)N[C@@H](CCCN=C(C)N)C(=O)O)C(CCC(=O)OC)=C3C)[C@@]2(C)C1=CC=C(C(=O)OC)[C@H]2C(=O)OC. The molecule has 1 aromatic heterocycles. The van der Waals surface area contributed by atoms with Crippen LogP contribution < -0.4 is 27.8 Å². The molecule has 3 aliphatic heterocycles. The van der Waals surface area contributed by atoms with Gasteiger partial charge in [0.05, 0.1) is 79.9 Å². The molecule has 0 saturated heterocycles. The molecule has 87 heavy (non-hydrogen) atoms. The summed E-state index contributed by atoms with van der Waals surface area (Å²) in [5, 5.41) is 24.2. The number of carbonyl (C=O) groups excluding carboxylic acids is 7. The summed E-state index contributed by atoms with van der Waals surface area (Å²) < 4.78 is 15.6. The minimum absolute atomic E-state index is 0.0468. The predicted molar refractivity (Wildman–Crippen MR) is 327 cm³/mol. The quantitative estimate of drug-likeness (QED) is 0.0160. The van der Waals surface area contributed by atoms with E-state index in [1.165, 1.54) is 21.3 Å². The van der Waals surface area contributed by atoms with E-state index in [-0.39, 0.29) is 88.2 Å². The number of aliphatic carboxylic acids is 2. The number of amidine groups is 1. The van der Waals surface area contributed by atoms with E-state index in [4.69, 9.17) is 41.4 Å². The number of rotatable bonds is 29. The first-order valence-electron chi connectivity index (χ1n) is 28.6. The Kier molecular flexibility index (Phi) is 22.8. The number of carboxylic acid groups (broad SMARTS) is 2. The van der Waals surface area contributed by atoms with Gasteiger partial charge in [-0.25, -0.2) is 14.6 Å². The van der Waals surface area contributed by atoms with E-state index in [2.05, 4.69) is 32.2 Å². The zero-order chi connectivity index (χ0) is 64.0. The average molecular weight is 1200 g/mol. The van der Waals surface area contributed by atoms with Crippen LogP contribution in [0.1, 0.15) is 127 Å². The molecule has 0 spiro atoms. The Labute approximate surface area is 504 Å². The lowest BCUT2D eigenvalue weighted by atomic mass is 9.63. The second kappa shape index (κ2) is 29.6. The van der Waals surface area contributed by atoms with Gasteiger partial charge in [-0.2, -0.15) is 0 Å². The van der Waals surface area contributed by atoms with Gasteiger partial charge in [0.15, 0.2) is 11.7 Å². The topological polar surface area (TPSA) is 389 Å². The number of aromatic amines is 1. The molecule has 0 saturated carbocycles. The number of fused-ring (bicyclic) bond motifs is 9. The van der Waals surface area contributed by atoms with E-state index < -0.39 is 96.0 Å². The first kappa shape index (κ1) is 66.8. The number of methoxy groups -OCH3 is 3. The number of ether oxygens (including phenoxy) is 3. The number of allylic oxidation sites excluding steroid dienone is 11. The fourth-order valence-corrected chi connectivity index (χ4v) is 11.5. The number of nitrogens with one attached hydrogen (secondary N) is 3. The summed E-state index contributed by atoms with van der Waals surface area (Å²) in [5.41, 5.74) is 26.2. The summed E-state index contributed by atoms with van der Waals surface area (Å²) in [4.78, 5) is 141. The number of carboxylic acids is 2. The van der Waals surface area contributed by atoms with Crippen LogP contribution in [0.15, 0.2) is 107 Å². The van der Waals surface area contributed by atoms with Gasteiger partial charge in [-0.3, -0.25) is 48.5 Å². The number of nitrogens with two attached hydrogens (primary N) is 3. The number of ketones is 2. The molecule has 0 radical (unpaired) electrons. The highest BCUT2D eigenvalue weighted by Gasteiger charge is 2.55. The van der Waals surface area contributed by atoms with Gasteiger partial charge in [-0.1, -0.05) is 24.8 Å². The molecular weight excluding hydrogens is 1120 g/mol. The van der Waals surface area contributed by atoms with Crippen molar-refractivity contribution >= 4 is 94.7 Å². The Morgan fingerprint density at radius 2 is 1.46 bits per heavy atom. The third-order valence-corrected chi connectivity index (χ3v) is 16.3. The lowest BCUT2D eigenvalue weighted by Gasteiger charge is -2.37. The molecule has 464 valence electrons. The molecule has 4 heterocycles. The molecule has 24 nitrogen and oxygen atoms in total. The molecule has 8 bridgehead atoms. The van der Waals surface area contributed by atoms with Gasteiger partial charge >= 0.3 is 29.8 Å². The Bertz CT molecular complexity index is 3420. The van der Waals surface area contributed by atoms with Gasteiger partial charge in [0, 0.05) is 61.6 Å². The maximum Gasteiger partial charge on any atom is 0.334 e. The van der Waals surface area contributed by atoms with E-state index in [0.29, 0.717) is 52.0 Å². The van der Waals surface area contributed by atoms with Crippen LogP contribution in [0.5, 0.6) is 0 Å². The molecule has 0 aromatic carbocycles. The van der Waals surface area contributed by atoms with Gasteiger partial charge in [-0.15, -0.1) is 0 Å². The second-order valence-electron chi connectivity index (χ2n) is 22.1. The number of nitrogens with zero attached hydrogens (tertiary/aromatic N) is 4. The van der Waals surface area contributed by atoms with Crippen LogP contribution in [0.3, 0.4) is 0 Å². The van der Waals surface area contributed by atoms with Crippen LogP contribution in [0.25, 0.3) is 18.2 Å². The number of aliphatic imine (C=N–C) groups is 4. The normalized spacial score (nSPS) is 18.8. The third-order valence-electron chi connectivity index (χ3n) is 16.3. The van der Waals surface area contributed by atoms with E-state index in [9.17, 15) is 53.4 Å². The summed E-state index contributed by atoms with van der Waals surface area (Å²) in [6.07, 6.45) is 12.4. The Morgan fingerprint density at radius 1 is 0.782 bits per heavy atom. The maximum atomic E-state index is 14.3. The summed E-state index contributed by atoms with van der Waals surface area (Å²) in [7, 11) is 3.82. The minimum atomic E-state index is -1.47. The number of esters is 3. The molecule has 2 aliphatic carbocycles. The number of carbonyl (C=O) groups is 9. The highest BCUT2D eigenvalue weighted by molar-refractivity contribution is 6.15. The first-order valence-corrected chi connectivity index (χ1v) is 28.6. The third kappa shape index (κ3) is 16.1. The smallest absolute Gasteiger partial charge is 0.334 e.